The highest BCUT2D eigenvalue weighted by molar-refractivity contribution is 7.91. The summed E-state index contributed by atoms with van der Waals surface area (Å²) in [6.07, 6.45) is 0. The van der Waals surface area contributed by atoms with Crippen LogP contribution in [0.5, 0.6) is 0 Å². The number of rotatable bonds is 6. The fourth-order valence-electron chi connectivity index (χ4n) is 3.46. The van der Waals surface area contributed by atoms with Gasteiger partial charge in [0.1, 0.15) is 6.04 Å². The van der Waals surface area contributed by atoms with Crippen molar-refractivity contribution in [2.45, 2.75) is 25.9 Å². The molecule has 166 valence electrons. The SMILES string of the molecule is CC(C)NC(=O)c1ccc(Cl)c(NC(=O)C(c2ccccc2)N2CCS(=O)(=O)CC2)c1. The van der Waals surface area contributed by atoms with Crippen LogP contribution < -0.4 is 10.6 Å². The molecule has 1 heterocycles. The number of sulfone groups is 1. The van der Waals surface area contributed by atoms with Crippen molar-refractivity contribution in [2.75, 3.05) is 29.9 Å². The van der Waals surface area contributed by atoms with Gasteiger partial charge in [-0.1, -0.05) is 41.9 Å². The number of hydrogen-bond donors (Lipinski definition) is 2. The monoisotopic (exact) mass is 463 g/mol. The number of anilines is 1. The summed E-state index contributed by atoms with van der Waals surface area (Å²) in [6, 6.07) is 13.2. The number of nitrogens with zero attached hydrogens (tertiary/aromatic N) is 1. The quantitative estimate of drug-likeness (QED) is 0.686. The van der Waals surface area contributed by atoms with Gasteiger partial charge in [-0.3, -0.25) is 14.5 Å². The Balaban J connectivity index is 1.86. The van der Waals surface area contributed by atoms with Crippen LogP contribution in [0.3, 0.4) is 0 Å². The molecule has 0 radical (unpaired) electrons. The van der Waals surface area contributed by atoms with Gasteiger partial charge in [0.15, 0.2) is 9.84 Å². The van der Waals surface area contributed by atoms with Gasteiger partial charge in [-0.05, 0) is 37.6 Å². The van der Waals surface area contributed by atoms with Crippen LogP contribution in [0, 0.1) is 0 Å². The molecule has 3 rings (SSSR count). The first kappa shape index (κ1) is 23.2. The standard InChI is InChI=1S/C22H26ClN3O4S/c1-15(2)24-21(27)17-8-9-18(23)19(14-17)25-22(28)20(16-6-4-3-5-7-16)26-10-12-31(29,30)13-11-26/h3-9,14-15,20H,10-13H2,1-2H3,(H,24,27)(H,25,28). The molecule has 1 saturated heterocycles. The van der Waals surface area contributed by atoms with E-state index in [1.165, 1.54) is 0 Å². The van der Waals surface area contributed by atoms with E-state index in [-0.39, 0.29) is 42.5 Å². The van der Waals surface area contributed by atoms with Gasteiger partial charge in [0.05, 0.1) is 22.2 Å². The van der Waals surface area contributed by atoms with E-state index in [1.807, 2.05) is 49.1 Å². The second-order valence-electron chi connectivity index (χ2n) is 7.81. The third kappa shape index (κ3) is 6.06. The molecule has 7 nitrogen and oxygen atoms in total. The molecule has 9 heteroatoms. The van der Waals surface area contributed by atoms with Crippen molar-refractivity contribution in [3.05, 3.63) is 64.7 Å². The summed E-state index contributed by atoms with van der Waals surface area (Å²) in [4.78, 5) is 27.5. The number of halogens is 1. The van der Waals surface area contributed by atoms with Gasteiger partial charge in [-0.15, -0.1) is 0 Å². The lowest BCUT2D eigenvalue weighted by Gasteiger charge is -2.33. The molecule has 1 aliphatic rings. The van der Waals surface area contributed by atoms with E-state index in [2.05, 4.69) is 10.6 Å². The number of carbonyl (C=O) groups excluding carboxylic acids is 2. The normalized spacial score (nSPS) is 17.2. The Morgan fingerprint density at radius 1 is 1.03 bits per heavy atom. The molecule has 0 bridgehead atoms. The predicted molar refractivity (Wildman–Crippen MR) is 122 cm³/mol. The van der Waals surface area contributed by atoms with Crippen molar-refractivity contribution in [2.24, 2.45) is 0 Å². The van der Waals surface area contributed by atoms with E-state index in [1.54, 1.807) is 18.2 Å². The molecule has 0 spiro atoms. The Hall–Kier alpha value is -2.42. The van der Waals surface area contributed by atoms with Crippen molar-refractivity contribution in [3.63, 3.8) is 0 Å². The van der Waals surface area contributed by atoms with E-state index in [0.717, 1.165) is 5.56 Å². The van der Waals surface area contributed by atoms with Crippen molar-refractivity contribution in [1.29, 1.82) is 0 Å². The highest BCUT2D eigenvalue weighted by Gasteiger charge is 2.32. The lowest BCUT2D eigenvalue weighted by atomic mass is 10.0. The largest absolute Gasteiger partial charge is 0.350 e. The highest BCUT2D eigenvalue weighted by Crippen LogP contribution is 2.28. The molecule has 2 aromatic rings. The molecule has 0 aromatic heterocycles. The van der Waals surface area contributed by atoms with Gasteiger partial charge in [0, 0.05) is 24.7 Å². The van der Waals surface area contributed by atoms with E-state index >= 15 is 0 Å². The smallest absolute Gasteiger partial charge is 0.251 e. The van der Waals surface area contributed by atoms with Crippen molar-refractivity contribution >= 4 is 38.9 Å². The Morgan fingerprint density at radius 2 is 1.68 bits per heavy atom. The van der Waals surface area contributed by atoms with Crippen LogP contribution in [-0.4, -0.2) is 55.8 Å². The van der Waals surface area contributed by atoms with Crippen LogP contribution in [0.4, 0.5) is 5.69 Å². The molecule has 1 fully saturated rings. The average molecular weight is 464 g/mol. The molecule has 1 aliphatic heterocycles. The molecule has 2 N–H and O–H groups in total. The maximum Gasteiger partial charge on any atom is 0.251 e. The number of amides is 2. The Labute approximate surface area is 187 Å². The zero-order valence-electron chi connectivity index (χ0n) is 17.5. The van der Waals surface area contributed by atoms with Crippen LogP contribution >= 0.6 is 11.6 Å². The van der Waals surface area contributed by atoms with E-state index in [0.29, 0.717) is 16.3 Å². The summed E-state index contributed by atoms with van der Waals surface area (Å²) >= 11 is 6.29. The summed E-state index contributed by atoms with van der Waals surface area (Å²) in [5.74, 6) is -0.582. The molecule has 2 aromatic carbocycles. The van der Waals surface area contributed by atoms with Gasteiger partial charge >= 0.3 is 0 Å². The second-order valence-corrected chi connectivity index (χ2v) is 10.5. The Kier molecular flexibility index (Phi) is 7.35. The van der Waals surface area contributed by atoms with Crippen LogP contribution in [0.2, 0.25) is 5.02 Å². The zero-order valence-corrected chi connectivity index (χ0v) is 19.0. The van der Waals surface area contributed by atoms with Gasteiger partial charge in [-0.2, -0.15) is 0 Å². The third-order valence-corrected chi connectivity index (χ3v) is 6.95. The first-order valence-corrected chi connectivity index (χ1v) is 12.3. The number of carbonyl (C=O) groups is 2. The molecular weight excluding hydrogens is 438 g/mol. The fraction of sp³-hybridized carbons (Fsp3) is 0.364. The predicted octanol–water partition coefficient (Wildman–Crippen LogP) is 2.89. The van der Waals surface area contributed by atoms with Crippen LogP contribution in [0.1, 0.15) is 35.8 Å². The first-order valence-electron chi connectivity index (χ1n) is 10.1. The topological polar surface area (TPSA) is 95.6 Å². The van der Waals surface area contributed by atoms with Gasteiger partial charge in [-0.25, -0.2) is 8.42 Å². The van der Waals surface area contributed by atoms with Crippen molar-refractivity contribution in [1.82, 2.24) is 10.2 Å². The number of hydrogen-bond acceptors (Lipinski definition) is 5. The summed E-state index contributed by atoms with van der Waals surface area (Å²) < 4.78 is 23.7. The molecular formula is C22H26ClN3O4S. The van der Waals surface area contributed by atoms with Crippen LogP contribution in [0.15, 0.2) is 48.5 Å². The van der Waals surface area contributed by atoms with E-state index in [9.17, 15) is 18.0 Å². The van der Waals surface area contributed by atoms with Gasteiger partial charge in [0.25, 0.3) is 5.91 Å². The van der Waals surface area contributed by atoms with E-state index in [4.69, 9.17) is 11.6 Å². The molecule has 31 heavy (non-hydrogen) atoms. The summed E-state index contributed by atoms with van der Waals surface area (Å²) in [7, 11) is -3.09. The summed E-state index contributed by atoms with van der Waals surface area (Å²) in [5, 5.41) is 5.95. The lowest BCUT2D eigenvalue weighted by molar-refractivity contribution is -0.121. The maximum atomic E-state index is 13.3. The third-order valence-electron chi connectivity index (χ3n) is 5.01. The zero-order chi connectivity index (χ0) is 22.6. The minimum atomic E-state index is -3.09. The average Bonchev–Trinajstić information content (AvgIpc) is 2.71. The summed E-state index contributed by atoms with van der Waals surface area (Å²) in [5.41, 5.74) is 1.46. The number of nitrogens with one attached hydrogen (secondary N) is 2. The highest BCUT2D eigenvalue weighted by atomic mass is 35.5. The van der Waals surface area contributed by atoms with Gasteiger partial charge < -0.3 is 10.6 Å². The summed E-state index contributed by atoms with van der Waals surface area (Å²) in [6.45, 7) is 4.25. The van der Waals surface area contributed by atoms with Crippen LogP contribution in [-0.2, 0) is 14.6 Å². The lowest BCUT2D eigenvalue weighted by Crippen LogP contribution is -2.46. The maximum absolute atomic E-state index is 13.3. The minimum absolute atomic E-state index is 0.00916. The molecule has 0 aliphatic carbocycles. The van der Waals surface area contributed by atoms with Crippen molar-refractivity contribution in [3.8, 4) is 0 Å². The van der Waals surface area contributed by atoms with Gasteiger partial charge in [0.2, 0.25) is 5.91 Å². The molecule has 0 saturated carbocycles. The fourth-order valence-corrected chi connectivity index (χ4v) is 4.85. The molecule has 2 amide bonds. The van der Waals surface area contributed by atoms with Crippen molar-refractivity contribution < 1.29 is 18.0 Å². The van der Waals surface area contributed by atoms with Crippen LogP contribution in [0.25, 0.3) is 0 Å². The second kappa shape index (κ2) is 9.80. The minimum Gasteiger partial charge on any atom is -0.350 e. The molecule has 1 unspecified atom stereocenters. The first-order chi connectivity index (χ1) is 14.7. The molecule has 1 atom stereocenters. The number of benzene rings is 2. The van der Waals surface area contributed by atoms with E-state index < -0.39 is 15.9 Å². The Bertz CT molecular complexity index is 1040. The Morgan fingerprint density at radius 3 is 2.29 bits per heavy atom.